The molecule has 3 rings (SSSR count). The van der Waals surface area contributed by atoms with Crippen LogP contribution in [0.15, 0.2) is 49.3 Å². The maximum Gasteiger partial charge on any atom is 0.219 e. The lowest BCUT2D eigenvalue weighted by molar-refractivity contribution is -0.597. The summed E-state index contributed by atoms with van der Waals surface area (Å²) in [5.74, 6) is 0. The summed E-state index contributed by atoms with van der Waals surface area (Å²) in [4.78, 5) is 8.19. The van der Waals surface area contributed by atoms with Crippen LogP contribution in [0.25, 0.3) is 5.69 Å². The lowest BCUT2D eigenvalue weighted by Gasteiger charge is -2.04. The highest BCUT2D eigenvalue weighted by Crippen LogP contribution is 2.12. The molecule has 3 nitrogen and oxygen atoms in total. The van der Waals surface area contributed by atoms with Gasteiger partial charge < -0.3 is 12.4 Å². The topological polar surface area (TPSA) is 29.7 Å². The van der Waals surface area contributed by atoms with Crippen LogP contribution in [0.2, 0.25) is 0 Å². The van der Waals surface area contributed by atoms with E-state index < -0.39 is 0 Å². The molecule has 0 aliphatic carbocycles. The van der Waals surface area contributed by atoms with E-state index in [1.165, 1.54) is 39.1 Å². The summed E-state index contributed by atoms with van der Waals surface area (Å²) < 4.78 is 2.19. The minimum atomic E-state index is 0. The van der Waals surface area contributed by atoms with E-state index in [0.29, 0.717) is 0 Å². The van der Waals surface area contributed by atoms with Gasteiger partial charge in [0.2, 0.25) is 5.69 Å². The molecule has 0 saturated carbocycles. The first-order valence-corrected chi connectivity index (χ1v) is 8.16. The number of hydrogen-bond acceptors (Lipinski definition) is 2. The minimum absolute atomic E-state index is 0. The van der Waals surface area contributed by atoms with Gasteiger partial charge in [0.25, 0.3) is 0 Å². The lowest BCUT2D eigenvalue weighted by atomic mass is 10.1. The van der Waals surface area contributed by atoms with Crippen LogP contribution in [-0.2, 0) is 0 Å². The largest absolute Gasteiger partial charge is 1.00 e. The normalized spacial score (nSPS) is 9.68. The molecule has 4 heteroatoms. The molecule has 25 heavy (non-hydrogen) atoms. The molecule has 3 aromatic heterocycles. The summed E-state index contributed by atoms with van der Waals surface area (Å²) in [5.41, 5.74) is 8.65. The minimum Gasteiger partial charge on any atom is -1.00 e. The van der Waals surface area contributed by atoms with Crippen molar-refractivity contribution in [2.75, 3.05) is 0 Å². The molecule has 0 N–H and O–H groups in total. The molecule has 0 unspecified atom stereocenters. The first kappa shape index (κ1) is 20.8. The summed E-state index contributed by atoms with van der Waals surface area (Å²) in [7, 11) is 0. The van der Waals surface area contributed by atoms with Crippen molar-refractivity contribution in [3.05, 3.63) is 82.7 Å². The number of pyridine rings is 3. The highest BCUT2D eigenvalue weighted by molar-refractivity contribution is 5.37. The Balaban J connectivity index is 0.000000295. The van der Waals surface area contributed by atoms with Crippen molar-refractivity contribution in [1.29, 1.82) is 0 Å². The Kier molecular flexibility index (Phi) is 7.72. The van der Waals surface area contributed by atoms with Crippen LogP contribution in [0.3, 0.4) is 0 Å². The molecule has 132 valence electrons. The first-order valence-electron chi connectivity index (χ1n) is 8.16. The lowest BCUT2D eigenvalue weighted by Crippen LogP contribution is -3.00. The van der Waals surface area contributed by atoms with Gasteiger partial charge in [0.15, 0.2) is 12.4 Å². The van der Waals surface area contributed by atoms with E-state index >= 15 is 0 Å². The monoisotopic (exact) mass is 355 g/mol. The zero-order valence-corrected chi connectivity index (χ0v) is 16.6. The predicted molar refractivity (Wildman–Crippen MR) is 98.4 cm³/mol. The molecule has 3 aromatic rings. The second kappa shape index (κ2) is 9.28. The van der Waals surface area contributed by atoms with Crippen LogP contribution in [0.5, 0.6) is 0 Å². The second-order valence-electron chi connectivity index (χ2n) is 6.46. The molecule has 0 bridgehead atoms. The Labute approximate surface area is 157 Å². The predicted octanol–water partition coefficient (Wildman–Crippen LogP) is 1.29. The van der Waals surface area contributed by atoms with Crippen LogP contribution in [0.1, 0.15) is 33.4 Å². The average molecular weight is 356 g/mol. The quantitative estimate of drug-likeness (QED) is 0.616. The van der Waals surface area contributed by atoms with Crippen molar-refractivity contribution in [3.63, 3.8) is 0 Å². The zero-order chi connectivity index (χ0) is 17.7. The zero-order valence-electron chi connectivity index (χ0n) is 15.8. The van der Waals surface area contributed by atoms with E-state index in [4.69, 9.17) is 0 Å². The maximum atomic E-state index is 4.20. The van der Waals surface area contributed by atoms with Gasteiger partial charge in [-0.2, -0.15) is 4.57 Å². The highest BCUT2D eigenvalue weighted by atomic mass is 35.5. The van der Waals surface area contributed by atoms with E-state index in [9.17, 15) is 0 Å². The Morgan fingerprint density at radius 3 is 1.40 bits per heavy atom. The third-order valence-electron chi connectivity index (χ3n) is 3.69. The molecule has 0 amide bonds. The number of aryl methyl sites for hydroxylation is 6. The van der Waals surface area contributed by atoms with E-state index in [0.717, 1.165) is 0 Å². The number of rotatable bonds is 1. The summed E-state index contributed by atoms with van der Waals surface area (Å²) in [6, 6.07) is 4.29. The maximum absolute atomic E-state index is 4.20. The fourth-order valence-corrected chi connectivity index (χ4v) is 2.85. The number of halogens is 1. The Morgan fingerprint density at radius 1 is 0.600 bits per heavy atom. The molecule has 0 radical (unpaired) electrons. The van der Waals surface area contributed by atoms with Crippen molar-refractivity contribution in [1.82, 2.24) is 9.97 Å². The molecule has 0 spiro atoms. The fraction of sp³-hybridized carbons (Fsp3) is 0.286. The molecule has 3 heterocycles. The smallest absolute Gasteiger partial charge is 0.219 e. The van der Waals surface area contributed by atoms with Gasteiger partial charge in [-0.05, 0) is 58.7 Å². The van der Waals surface area contributed by atoms with Crippen molar-refractivity contribution < 1.29 is 17.0 Å². The van der Waals surface area contributed by atoms with Crippen LogP contribution < -0.4 is 17.0 Å². The van der Waals surface area contributed by atoms with Crippen molar-refractivity contribution in [3.8, 4) is 5.69 Å². The summed E-state index contributed by atoms with van der Waals surface area (Å²) in [6.07, 6.45) is 11.8. The molecule has 0 atom stereocenters. The highest BCUT2D eigenvalue weighted by Gasteiger charge is 2.14. The number of hydrogen-bond donors (Lipinski definition) is 0. The van der Waals surface area contributed by atoms with E-state index in [-0.39, 0.29) is 12.4 Å². The Bertz CT molecular complexity index is 787. The molecular formula is C21H26ClN3. The fourth-order valence-electron chi connectivity index (χ4n) is 2.85. The van der Waals surface area contributed by atoms with Gasteiger partial charge in [-0.25, -0.2) is 0 Å². The summed E-state index contributed by atoms with van der Waals surface area (Å²) in [5, 5.41) is 0. The van der Waals surface area contributed by atoms with Gasteiger partial charge in [0.05, 0.1) is 0 Å². The SMILES string of the molecule is Cc1cc(C)c[n+](-c2c(C)cncc2C)c1.Cc1cncc(C)c1.[Cl-]. The van der Waals surface area contributed by atoms with E-state index in [2.05, 4.69) is 66.8 Å². The summed E-state index contributed by atoms with van der Waals surface area (Å²) in [6.45, 7) is 12.5. The molecule has 0 saturated heterocycles. The molecule has 0 aliphatic heterocycles. The standard InChI is InChI=1S/C14H17N2.C7H9N.ClH/c1-10-5-11(2)9-16(8-10)14-12(3)6-15-7-13(14)4;1-6-3-7(2)5-8-4-6;/h5-9H,1-4H3;3-5H,1-2H3;1H/q+1;;/p-1. The second-order valence-corrected chi connectivity index (χ2v) is 6.46. The van der Waals surface area contributed by atoms with Crippen LogP contribution >= 0.6 is 0 Å². The Hall–Kier alpha value is -2.26. The van der Waals surface area contributed by atoms with Gasteiger partial charge in [0.1, 0.15) is 0 Å². The van der Waals surface area contributed by atoms with Gasteiger partial charge in [-0.3, -0.25) is 9.97 Å². The third-order valence-corrected chi connectivity index (χ3v) is 3.69. The average Bonchev–Trinajstić information content (AvgIpc) is 2.46. The first-order chi connectivity index (χ1) is 11.4. The van der Waals surface area contributed by atoms with Gasteiger partial charge >= 0.3 is 0 Å². The van der Waals surface area contributed by atoms with E-state index in [1.807, 2.05) is 38.6 Å². The van der Waals surface area contributed by atoms with Gasteiger partial charge in [-0.15, -0.1) is 0 Å². The Morgan fingerprint density at radius 2 is 1.00 bits per heavy atom. The third kappa shape index (κ3) is 5.95. The van der Waals surface area contributed by atoms with Crippen LogP contribution in [0.4, 0.5) is 0 Å². The van der Waals surface area contributed by atoms with Gasteiger partial charge in [0, 0.05) is 47.0 Å². The molecule has 0 fully saturated rings. The van der Waals surface area contributed by atoms with Crippen molar-refractivity contribution in [2.24, 2.45) is 0 Å². The number of aromatic nitrogens is 3. The van der Waals surface area contributed by atoms with E-state index in [1.54, 1.807) is 0 Å². The van der Waals surface area contributed by atoms with Crippen molar-refractivity contribution in [2.45, 2.75) is 41.5 Å². The molecule has 0 aliphatic rings. The summed E-state index contributed by atoms with van der Waals surface area (Å²) >= 11 is 0. The molecular weight excluding hydrogens is 330 g/mol. The van der Waals surface area contributed by atoms with Crippen LogP contribution in [-0.4, -0.2) is 9.97 Å². The van der Waals surface area contributed by atoms with Crippen molar-refractivity contribution >= 4 is 0 Å². The van der Waals surface area contributed by atoms with Crippen LogP contribution in [0, 0.1) is 41.5 Å². The molecule has 0 aromatic carbocycles. The number of nitrogens with zero attached hydrogens (tertiary/aromatic N) is 3. The van der Waals surface area contributed by atoms with Gasteiger partial charge in [-0.1, -0.05) is 6.07 Å².